The zero-order valence-corrected chi connectivity index (χ0v) is 16.3. The molecular formula is C21H21N3O5. The number of ether oxygens (including phenoxy) is 2. The van der Waals surface area contributed by atoms with Crippen LogP contribution in [0.1, 0.15) is 41.8 Å². The van der Waals surface area contributed by atoms with Crippen LogP contribution in [0.25, 0.3) is 11.5 Å². The molecule has 0 saturated heterocycles. The van der Waals surface area contributed by atoms with Gasteiger partial charge in [0.15, 0.2) is 6.10 Å². The number of esters is 1. The third kappa shape index (κ3) is 5.19. The van der Waals surface area contributed by atoms with Crippen LogP contribution in [0.5, 0.6) is 5.75 Å². The summed E-state index contributed by atoms with van der Waals surface area (Å²) in [6.07, 6.45) is -0.707. The molecule has 0 bridgehead atoms. The van der Waals surface area contributed by atoms with Gasteiger partial charge in [0.1, 0.15) is 5.75 Å². The van der Waals surface area contributed by atoms with E-state index in [9.17, 15) is 9.59 Å². The molecule has 1 N–H and O–H groups in total. The molecule has 2 aromatic carbocycles. The van der Waals surface area contributed by atoms with Crippen molar-refractivity contribution in [1.82, 2.24) is 15.5 Å². The Bertz CT molecular complexity index is 980. The van der Waals surface area contributed by atoms with Gasteiger partial charge in [0, 0.05) is 19.0 Å². The van der Waals surface area contributed by atoms with Gasteiger partial charge in [-0.3, -0.25) is 4.79 Å². The summed E-state index contributed by atoms with van der Waals surface area (Å²) in [6.45, 7) is 3.51. The van der Waals surface area contributed by atoms with Crippen molar-refractivity contribution < 1.29 is 23.5 Å². The second kappa shape index (κ2) is 9.01. The van der Waals surface area contributed by atoms with Crippen molar-refractivity contribution in [2.75, 3.05) is 7.11 Å². The molecule has 1 amide bonds. The lowest BCUT2D eigenvalue weighted by molar-refractivity contribution is -0.119. The van der Waals surface area contributed by atoms with Crippen molar-refractivity contribution in [2.24, 2.45) is 0 Å². The number of methoxy groups -OCH3 is 1. The van der Waals surface area contributed by atoms with Crippen molar-refractivity contribution >= 4 is 11.9 Å². The summed E-state index contributed by atoms with van der Waals surface area (Å²) < 4.78 is 16.2. The SMILES string of the molecule is COc1ccc(-c2nnc([C@H](C)OC(=O)c3ccc(CNC(C)=O)cc3)o2)cc1. The van der Waals surface area contributed by atoms with Crippen LogP contribution in [0.4, 0.5) is 0 Å². The zero-order valence-electron chi connectivity index (χ0n) is 16.3. The second-order valence-electron chi connectivity index (χ2n) is 6.33. The molecule has 29 heavy (non-hydrogen) atoms. The van der Waals surface area contributed by atoms with Gasteiger partial charge in [-0.1, -0.05) is 12.1 Å². The van der Waals surface area contributed by atoms with E-state index < -0.39 is 12.1 Å². The average Bonchev–Trinajstić information content (AvgIpc) is 3.23. The molecule has 0 aliphatic heterocycles. The summed E-state index contributed by atoms with van der Waals surface area (Å²) >= 11 is 0. The highest BCUT2D eigenvalue weighted by Gasteiger charge is 2.20. The standard InChI is InChI=1S/C21H21N3O5/c1-13(19-23-24-20(29-19)16-8-10-18(27-3)11-9-16)28-21(26)17-6-4-15(5-7-17)12-22-14(2)25/h4-11,13H,12H2,1-3H3,(H,22,25)/t13-/m0/s1. The van der Waals surface area contributed by atoms with Gasteiger partial charge in [0.25, 0.3) is 5.89 Å². The van der Waals surface area contributed by atoms with Gasteiger partial charge in [-0.05, 0) is 48.9 Å². The van der Waals surface area contributed by atoms with Crippen LogP contribution >= 0.6 is 0 Å². The van der Waals surface area contributed by atoms with E-state index in [0.717, 1.165) is 16.9 Å². The second-order valence-corrected chi connectivity index (χ2v) is 6.33. The van der Waals surface area contributed by atoms with Gasteiger partial charge >= 0.3 is 5.97 Å². The predicted octanol–water partition coefficient (Wildman–Crippen LogP) is 3.30. The van der Waals surface area contributed by atoms with E-state index in [1.807, 2.05) is 0 Å². The Morgan fingerprint density at radius 2 is 1.76 bits per heavy atom. The third-order valence-electron chi connectivity index (χ3n) is 4.14. The number of amides is 1. The summed E-state index contributed by atoms with van der Waals surface area (Å²) in [6, 6.07) is 14.0. The highest BCUT2D eigenvalue weighted by Crippen LogP contribution is 2.24. The predicted molar refractivity (Wildman–Crippen MR) is 104 cm³/mol. The number of hydrogen-bond acceptors (Lipinski definition) is 7. The molecule has 0 unspecified atom stereocenters. The Morgan fingerprint density at radius 1 is 1.07 bits per heavy atom. The van der Waals surface area contributed by atoms with E-state index in [1.54, 1.807) is 62.6 Å². The van der Waals surface area contributed by atoms with Gasteiger partial charge in [-0.15, -0.1) is 10.2 Å². The molecule has 3 aromatic rings. The molecule has 1 aromatic heterocycles. The number of carbonyl (C=O) groups is 2. The average molecular weight is 395 g/mol. The monoisotopic (exact) mass is 395 g/mol. The van der Waals surface area contributed by atoms with E-state index in [2.05, 4.69) is 15.5 Å². The van der Waals surface area contributed by atoms with Crippen LogP contribution < -0.4 is 10.1 Å². The van der Waals surface area contributed by atoms with Gasteiger partial charge in [-0.25, -0.2) is 4.79 Å². The van der Waals surface area contributed by atoms with E-state index in [1.165, 1.54) is 6.92 Å². The summed E-state index contributed by atoms with van der Waals surface area (Å²) in [7, 11) is 1.59. The number of carbonyl (C=O) groups excluding carboxylic acids is 2. The number of aromatic nitrogens is 2. The molecule has 0 aliphatic rings. The summed E-state index contributed by atoms with van der Waals surface area (Å²) in [5.74, 6) is 0.627. The van der Waals surface area contributed by atoms with E-state index in [-0.39, 0.29) is 11.8 Å². The molecule has 0 fully saturated rings. The fraction of sp³-hybridized carbons (Fsp3) is 0.238. The molecule has 8 nitrogen and oxygen atoms in total. The molecule has 1 atom stereocenters. The van der Waals surface area contributed by atoms with Crippen molar-refractivity contribution in [2.45, 2.75) is 26.5 Å². The van der Waals surface area contributed by atoms with Crippen molar-refractivity contribution in [1.29, 1.82) is 0 Å². The zero-order chi connectivity index (χ0) is 20.8. The number of rotatable bonds is 7. The Morgan fingerprint density at radius 3 is 2.38 bits per heavy atom. The maximum absolute atomic E-state index is 12.4. The van der Waals surface area contributed by atoms with Crippen LogP contribution in [-0.4, -0.2) is 29.2 Å². The van der Waals surface area contributed by atoms with Crippen LogP contribution in [0.15, 0.2) is 52.9 Å². The summed E-state index contributed by atoms with van der Waals surface area (Å²) in [4.78, 5) is 23.3. The van der Waals surface area contributed by atoms with E-state index in [4.69, 9.17) is 13.9 Å². The molecule has 0 saturated carbocycles. The van der Waals surface area contributed by atoms with Crippen LogP contribution in [0.2, 0.25) is 0 Å². The number of nitrogens with one attached hydrogen (secondary N) is 1. The van der Waals surface area contributed by atoms with Crippen molar-refractivity contribution in [3.63, 3.8) is 0 Å². The Kier molecular flexibility index (Phi) is 6.23. The van der Waals surface area contributed by atoms with Gasteiger partial charge in [0.2, 0.25) is 11.8 Å². The molecule has 0 aliphatic carbocycles. The molecule has 1 heterocycles. The first kappa shape index (κ1) is 20.1. The molecule has 8 heteroatoms. The highest BCUT2D eigenvalue weighted by atomic mass is 16.6. The molecule has 0 spiro atoms. The van der Waals surface area contributed by atoms with Crippen LogP contribution in [0.3, 0.4) is 0 Å². The maximum Gasteiger partial charge on any atom is 0.338 e. The highest BCUT2D eigenvalue weighted by molar-refractivity contribution is 5.89. The fourth-order valence-electron chi connectivity index (χ4n) is 2.51. The Labute approximate surface area is 167 Å². The summed E-state index contributed by atoms with van der Waals surface area (Å²) in [5, 5.41) is 10.7. The first-order valence-corrected chi connectivity index (χ1v) is 8.98. The molecule has 3 rings (SSSR count). The van der Waals surface area contributed by atoms with Crippen LogP contribution in [-0.2, 0) is 16.1 Å². The molecule has 150 valence electrons. The maximum atomic E-state index is 12.4. The Balaban J connectivity index is 1.62. The lowest BCUT2D eigenvalue weighted by atomic mass is 10.1. The fourth-order valence-corrected chi connectivity index (χ4v) is 2.51. The number of nitrogens with zero attached hydrogens (tertiary/aromatic N) is 2. The molecule has 0 radical (unpaired) electrons. The topological polar surface area (TPSA) is 104 Å². The van der Waals surface area contributed by atoms with Gasteiger partial charge in [0.05, 0.1) is 12.7 Å². The van der Waals surface area contributed by atoms with Crippen molar-refractivity contribution in [3.05, 3.63) is 65.5 Å². The normalized spacial score (nSPS) is 11.6. The van der Waals surface area contributed by atoms with Crippen LogP contribution in [0, 0.1) is 0 Å². The molecular weight excluding hydrogens is 374 g/mol. The largest absolute Gasteiger partial charge is 0.497 e. The first-order chi connectivity index (χ1) is 14.0. The minimum absolute atomic E-state index is 0.115. The minimum atomic E-state index is -0.707. The smallest absolute Gasteiger partial charge is 0.338 e. The third-order valence-corrected chi connectivity index (χ3v) is 4.14. The number of benzene rings is 2. The lowest BCUT2D eigenvalue weighted by Gasteiger charge is -2.10. The lowest BCUT2D eigenvalue weighted by Crippen LogP contribution is -2.18. The summed E-state index contributed by atoms with van der Waals surface area (Å²) in [5.41, 5.74) is 2.00. The van der Waals surface area contributed by atoms with Crippen molar-refractivity contribution in [3.8, 4) is 17.2 Å². The van der Waals surface area contributed by atoms with E-state index >= 15 is 0 Å². The Hall–Kier alpha value is -3.68. The van der Waals surface area contributed by atoms with Gasteiger partial charge in [-0.2, -0.15) is 0 Å². The first-order valence-electron chi connectivity index (χ1n) is 8.98. The van der Waals surface area contributed by atoms with Gasteiger partial charge < -0.3 is 19.2 Å². The number of hydrogen-bond donors (Lipinski definition) is 1. The quantitative estimate of drug-likeness (QED) is 0.612. The van der Waals surface area contributed by atoms with E-state index in [0.29, 0.717) is 18.0 Å². The minimum Gasteiger partial charge on any atom is -0.497 e.